The molecule has 3 N–H and O–H groups in total. The summed E-state index contributed by atoms with van der Waals surface area (Å²) in [5.74, 6) is -1.13. The van der Waals surface area contributed by atoms with Crippen LogP contribution in [0.5, 0.6) is 0 Å². The molecule has 3 aromatic rings. The van der Waals surface area contributed by atoms with Crippen molar-refractivity contribution in [1.29, 1.82) is 0 Å². The van der Waals surface area contributed by atoms with E-state index in [1.54, 1.807) is 19.4 Å². The molecular formula is C27H27FN4O3. The number of nitrogens with zero attached hydrogens (tertiary/aromatic N) is 2. The van der Waals surface area contributed by atoms with Gasteiger partial charge in [-0.1, -0.05) is 6.07 Å². The van der Waals surface area contributed by atoms with Crippen molar-refractivity contribution in [2.75, 3.05) is 12.4 Å². The zero-order valence-corrected chi connectivity index (χ0v) is 19.9. The molecule has 0 bridgehead atoms. The zero-order valence-electron chi connectivity index (χ0n) is 19.9. The van der Waals surface area contributed by atoms with Crippen LogP contribution in [-0.4, -0.2) is 34.0 Å². The Morgan fingerprint density at radius 1 is 1.11 bits per heavy atom. The monoisotopic (exact) mass is 474 g/mol. The Kier molecular flexibility index (Phi) is 5.75. The van der Waals surface area contributed by atoms with E-state index in [-0.39, 0.29) is 29.6 Å². The van der Waals surface area contributed by atoms with Crippen LogP contribution >= 0.6 is 0 Å². The Hall–Kier alpha value is -3.81. The Bertz CT molecular complexity index is 1320. The van der Waals surface area contributed by atoms with Crippen LogP contribution in [0.4, 0.5) is 10.2 Å². The molecule has 8 heteroatoms. The maximum atomic E-state index is 15.1. The summed E-state index contributed by atoms with van der Waals surface area (Å²) >= 11 is 0. The maximum absolute atomic E-state index is 15.1. The average Bonchev–Trinajstić information content (AvgIpc) is 3.54. The number of aryl methyl sites for hydroxylation is 2. The second-order valence-electron chi connectivity index (χ2n) is 9.40. The first-order chi connectivity index (χ1) is 16.8. The van der Waals surface area contributed by atoms with E-state index >= 15 is 4.39 Å². The largest absolute Gasteiger partial charge is 0.481 e. The van der Waals surface area contributed by atoms with Crippen molar-refractivity contribution in [2.24, 2.45) is 5.92 Å². The van der Waals surface area contributed by atoms with Crippen LogP contribution in [0, 0.1) is 25.6 Å². The first-order valence-electron chi connectivity index (χ1n) is 11.7. The van der Waals surface area contributed by atoms with Crippen molar-refractivity contribution in [3.63, 3.8) is 0 Å². The first-order valence-corrected chi connectivity index (χ1v) is 11.7. The van der Waals surface area contributed by atoms with E-state index in [0.717, 1.165) is 27.8 Å². The number of hydrogen-bond donors (Lipinski definition) is 3. The lowest BCUT2D eigenvalue weighted by Gasteiger charge is -2.19. The van der Waals surface area contributed by atoms with Crippen LogP contribution in [0.2, 0.25) is 0 Å². The van der Waals surface area contributed by atoms with Gasteiger partial charge in [0.25, 0.3) is 5.91 Å². The van der Waals surface area contributed by atoms with E-state index in [9.17, 15) is 9.59 Å². The summed E-state index contributed by atoms with van der Waals surface area (Å²) in [5.41, 5.74) is 6.82. The van der Waals surface area contributed by atoms with Crippen molar-refractivity contribution in [3.05, 3.63) is 76.0 Å². The number of carboxylic acids is 1. The topological polar surface area (TPSA) is 104 Å². The maximum Gasteiger partial charge on any atom is 0.307 e. The summed E-state index contributed by atoms with van der Waals surface area (Å²) in [4.78, 5) is 32.0. The number of rotatable bonds is 6. The summed E-state index contributed by atoms with van der Waals surface area (Å²) in [6.07, 6.45) is 5.22. The van der Waals surface area contributed by atoms with Gasteiger partial charge in [-0.15, -0.1) is 0 Å². The number of fused-ring (bicyclic) bond motifs is 1. The highest BCUT2D eigenvalue weighted by atomic mass is 19.1. The van der Waals surface area contributed by atoms with Gasteiger partial charge in [0, 0.05) is 24.1 Å². The summed E-state index contributed by atoms with van der Waals surface area (Å²) in [6.45, 7) is 3.95. The van der Waals surface area contributed by atoms with Crippen LogP contribution in [-0.2, 0) is 11.2 Å². The second kappa shape index (κ2) is 8.76. The van der Waals surface area contributed by atoms with Crippen LogP contribution in [0.3, 0.4) is 0 Å². The Balaban J connectivity index is 1.42. The lowest BCUT2D eigenvalue weighted by molar-refractivity contribution is -0.138. The molecule has 180 valence electrons. The molecule has 2 aromatic carbocycles. The van der Waals surface area contributed by atoms with Gasteiger partial charge in [0.2, 0.25) is 0 Å². The quantitative estimate of drug-likeness (QED) is 0.484. The van der Waals surface area contributed by atoms with Gasteiger partial charge in [0.05, 0.1) is 30.0 Å². The van der Waals surface area contributed by atoms with Gasteiger partial charge in [-0.3, -0.25) is 14.6 Å². The molecule has 7 nitrogen and oxygen atoms in total. The number of carbonyl (C=O) groups excluding carboxylic acids is 1. The number of nitrogens with one attached hydrogen (secondary N) is 2. The number of benzene rings is 2. The fourth-order valence-electron chi connectivity index (χ4n) is 5.33. The molecule has 5 rings (SSSR count). The highest BCUT2D eigenvalue weighted by molar-refractivity contribution is 5.95. The van der Waals surface area contributed by atoms with Gasteiger partial charge < -0.3 is 15.7 Å². The normalized spacial score (nSPS) is 20.3. The smallest absolute Gasteiger partial charge is 0.307 e. The Morgan fingerprint density at radius 3 is 2.46 bits per heavy atom. The number of hydrogen-bond acceptors (Lipinski definition) is 5. The summed E-state index contributed by atoms with van der Waals surface area (Å²) < 4.78 is 15.1. The number of carboxylic acid groups (broad SMARTS) is 1. The molecule has 1 saturated carbocycles. The molecule has 1 fully saturated rings. The summed E-state index contributed by atoms with van der Waals surface area (Å²) in [5, 5.41) is 15.1. The molecule has 2 aliphatic rings. The van der Waals surface area contributed by atoms with E-state index < -0.39 is 5.97 Å². The number of amides is 1. The lowest BCUT2D eigenvalue weighted by atomic mass is 9.89. The molecule has 35 heavy (non-hydrogen) atoms. The lowest BCUT2D eigenvalue weighted by Crippen LogP contribution is -2.18. The molecule has 0 spiro atoms. The molecule has 0 unspecified atom stereocenters. The molecule has 2 aliphatic carbocycles. The van der Waals surface area contributed by atoms with Crippen molar-refractivity contribution in [2.45, 2.75) is 45.1 Å². The van der Waals surface area contributed by atoms with Gasteiger partial charge in [-0.2, -0.15) is 0 Å². The van der Waals surface area contributed by atoms with Gasteiger partial charge in [-0.05, 0) is 79.1 Å². The minimum atomic E-state index is -0.804. The first kappa shape index (κ1) is 23.0. The number of carbonyl (C=O) groups is 2. The number of aromatic nitrogens is 2. The average molecular weight is 475 g/mol. The number of anilines is 1. The van der Waals surface area contributed by atoms with E-state index in [2.05, 4.69) is 20.6 Å². The minimum absolute atomic E-state index is 0.0810. The standard InChI is InChI=1S/C27H27FN4O3/c1-13-8-15(26(33)29-3)9-14(2)24(13)16-4-6-20(28)25-17(16)5-7-21(25)32-23-12-30-22(11-31-23)18-10-19(18)27(34)35/h4,6,8-9,11-12,18-19,21H,5,7,10H2,1-3H3,(H,29,33)(H,31,32)(H,34,35)/t18-,19-,21+/m0/s1. The molecule has 1 aromatic heterocycles. The molecule has 0 aliphatic heterocycles. The van der Waals surface area contributed by atoms with E-state index in [1.807, 2.05) is 32.0 Å². The summed E-state index contributed by atoms with van der Waals surface area (Å²) in [6, 6.07) is 6.83. The van der Waals surface area contributed by atoms with Crippen molar-refractivity contribution >= 4 is 17.7 Å². The molecule has 0 saturated heterocycles. The third kappa shape index (κ3) is 4.13. The van der Waals surface area contributed by atoms with Gasteiger partial charge in [0.15, 0.2) is 0 Å². The van der Waals surface area contributed by atoms with Crippen molar-refractivity contribution in [3.8, 4) is 11.1 Å². The van der Waals surface area contributed by atoms with Crippen molar-refractivity contribution < 1.29 is 19.1 Å². The van der Waals surface area contributed by atoms with E-state index in [1.165, 1.54) is 6.07 Å². The van der Waals surface area contributed by atoms with E-state index in [4.69, 9.17) is 5.11 Å². The molecule has 0 radical (unpaired) electrons. The molecular weight excluding hydrogens is 447 g/mol. The van der Waals surface area contributed by atoms with Crippen LogP contribution in [0.15, 0.2) is 36.7 Å². The van der Waals surface area contributed by atoms with Crippen LogP contribution < -0.4 is 10.6 Å². The Labute approximate surface area is 202 Å². The molecule has 1 heterocycles. The third-order valence-electron chi connectivity index (χ3n) is 7.11. The predicted octanol–water partition coefficient (Wildman–Crippen LogP) is 4.55. The van der Waals surface area contributed by atoms with Gasteiger partial charge >= 0.3 is 5.97 Å². The second-order valence-corrected chi connectivity index (χ2v) is 9.40. The fraction of sp³-hybridized carbons (Fsp3) is 0.333. The molecule has 3 atom stereocenters. The van der Waals surface area contributed by atoms with Crippen LogP contribution in [0.25, 0.3) is 11.1 Å². The zero-order chi connectivity index (χ0) is 24.9. The van der Waals surface area contributed by atoms with Gasteiger partial charge in [0.1, 0.15) is 11.6 Å². The fourth-order valence-corrected chi connectivity index (χ4v) is 5.33. The number of halogens is 1. The predicted molar refractivity (Wildman–Crippen MR) is 130 cm³/mol. The highest BCUT2D eigenvalue weighted by Gasteiger charge is 2.45. The van der Waals surface area contributed by atoms with E-state index in [0.29, 0.717) is 41.9 Å². The van der Waals surface area contributed by atoms with Crippen molar-refractivity contribution in [1.82, 2.24) is 15.3 Å². The van der Waals surface area contributed by atoms with Gasteiger partial charge in [-0.25, -0.2) is 9.37 Å². The highest BCUT2D eigenvalue weighted by Crippen LogP contribution is 2.47. The SMILES string of the molecule is CNC(=O)c1cc(C)c(-c2ccc(F)c3c2CC[C@H]3Nc2cnc([C@H]3C[C@@H]3C(=O)O)cn2)c(C)c1. The number of aliphatic carboxylic acids is 1. The third-order valence-corrected chi connectivity index (χ3v) is 7.11. The van der Waals surface area contributed by atoms with Crippen LogP contribution in [0.1, 0.15) is 63.1 Å². The minimum Gasteiger partial charge on any atom is -0.481 e. The summed E-state index contributed by atoms with van der Waals surface area (Å²) in [7, 11) is 1.61. The molecule has 1 amide bonds. The Morgan fingerprint density at radius 2 is 1.86 bits per heavy atom.